The van der Waals surface area contributed by atoms with Crippen molar-refractivity contribution in [2.24, 2.45) is 0 Å². The molecule has 0 atom stereocenters. The predicted octanol–water partition coefficient (Wildman–Crippen LogP) is 2.95. The molecule has 0 saturated carbocycles. The van der Waals surface area contributed by atoms with Gasteiger partial charge in [-0.25, -0.2) is 0 Å². The van der Waals surface area contributed by atoms with E-state index in [0.29, 0.717) is 5.76 Å². The van der Waals surface area contributed by atoms with Gasteiger partial charge in [0.05, 0.1) is 12.7 Å². The molecule has 2 rings (SSSR count). The predicted molar refractivity (Wildman–Crippen MR) is 50.5 cm³/mol. The third kappa shape index (κ3) is 1.88. The molecular formula is C10H7ClO3. The minimum atomic E-state index is -0.146. The molecule has 2 aromatic rings. The van der Waals surface area contributed by atoms with E-state index in [9.17, 15) is 4.79 Å². The number of carbonyl (C=O) groups is 1. The lowest BCUT2D eigenvalue weighted by Gasteiger charge is -1.92. The average Bonchev–Trinajstić information content (AvgIpc) is 2.75. The Morgan fingerprint density at radius 2 is 2.21 bits per heavy atom. The van der Waals surface area contributed by atoms with E-state index in [2.05, 4.69) is 0 Å². The molecule has 0 radical (unpaired) electrons. The highest BCUT2D eigenvalue weighted by molar-refractivity contribution is 6.29. The van der Waals surface area contributed by atoms with Crippen LogP contribution in [0.15, 0.2) is 39.4 Å². The summed E-state index contributed by atoms with van der Waals surface area (Å²) in [4.78, 5) is 11.5. The molecule has 0 aliphatic heterocycles. The molecular weight excluding hydrogens is 204 g/mol. The van der Waals surface area contributed by atoms with Crippen LogP contribution in [0.1, 0.15) is 16.3 Å². The molecule has 0 aromatic carbocycles. The Morgan fingerprint density at radius 1 is 1.36 bits per heavy atom. The van der Waals surface area contributed by atoms with Crippen LogP contribution < -0.4 is 0 Å². The number of hydrogen-bond acceptors (Lipinski definition) is 3. The number of hydrogen-bond donors (Lipinski definition) is 0. The van der Waals surface area contributed by atoms with Crippen LogP contribution in [0.2, 0.25) is 5.22 Å². The van der Waals surface area contributed by atoms with Crippen molar-refractivity contribution in [3.63, 3.8) is 0 Å². The number of furan rings is 2. The van der Waals surface area contributed by atoms with Crippen LogP contribution in [-0.2, 0) is 6.42 Å². The smallest absolute Gasteiger partial charge is 0.205 e. The van der Waals surface area contributed by atoms with Crippen molar-refractivity contribution in [1.82, 2.24) is 0 Å². The molecule has 0 unspecified atom stereocenters. The molecule has 14 heavy (non-hydrogen) atoms. The zero-order valence-electron chi connectivity index (χ0n) is 7.20. The molecule has 0 spiro atoms. The van der Waals surface area contributed by atoms with Gasteiger partial charge in [0.2, 0.25) is 5.78 Å². The van der Waals surface area contributed by atoms with E-state index < -0.39 is 0 Å². The second-order valence-electron chi connectivity index (χ2n) is 2.78. The SMILES string of the molecule is O=C(Cc1ccco1)c1ccc(Cl)o1. The Kier molecular flexibility index (Phi) is 2.41. The molecule has 0 aliphatic carbocycles. The van der Waals surface area contributed by atoms with E-state index in [0.717, 1.165) is 0 Å². The molecule has 72 valence electrons. The van der Waals surface area contributed by atoms with Gasteiger partial charge in [0.25, 0.3) is 0 Å². The quantitative estimate of drug-likeness (QED) is 0.732. The van der Waals surface area contributed by atoms with Gasteiger partial charge in [-0.1, -0.05) is 0 Å². The maximum atomic E-state index is 11.5. The first kappa shape index (κ1) is 9.09. The van der Waals surface area contributed by atoms with E-state index in [4.69, 9.17) is 20.4 Å². The van der Waals surface area contributed by atoms with Gasteiger partial charge < -0.3 is 8.83 Å². The van der Waals surface area contributed by atoms with Crippen molar-refractivity contribution in [2.75, 3.05) is 0 Å². The molecule has 0 amide bonds. The van der Waals surface area contributed by atoms with E-state index >= 15 is 0 Å². The van der Waals surface area contributed by atoms with Gasteiger partial charge >= 0.3 is 0 Å². The summed E-state index contributed by atoms with van der Waals surface area (Å²) < 4.78 is 10.0. The van der Waals surface area contributed by atoms with Crippen LogP contribution in [0.5, 0.6) is 0 Å². The summed E-state index contributed by atoms with van der Waals surface area (Å²) >= 11 is 5.54. The fourth-order valence-corrected chi connectivity index (χ4v) is 1.27. The van der Waals surface area contributed by atoms with Crippen molar-refractivity contribution in [2.45, 2.75) is 6.42 Å². The first-order valence-electron chi connectivity index (χ1n) is 4.06. The number of Topliss-reactive ketones (excluding diaryl/α,β-unsaturated/α-hetero) is 1. The van der Waals surface area contributed by atoms with Crippen LogP contribution in [0.3, 0.4) is 0 Å². The Bertz CT molecular complexity index is 428. The third-order valence-corrected chi connectivity index (χ3v) is 1.97. The van der Waals surface area contributed by atoms with Crippen LogP contribution in [-0.4, -0.2) is 5.78 Å². The van der Waals surface area contributed by atoms with Crippen molar-refractivity contribution in [3.8, 4) is 0 Å². The molecule has 2 heterocycles. The Balaban J connectivity index is 2.10. The number of carbonyl (C=O) groups excluding carboxylic acids is 1. The lowest BCUT2D eigenvalue weighted by atomic mass is 10.2. The summed E-state index contributed by atoms with van der Waals surface area (Å²) in [5.74, 6) is 0.723. The first-order chi connectivity index (χ1) is 6.75. The molecule has 2 aromatic heterocycles. The normalized spacial score (nSPS) is 10.4. The third-order valence-electron chi connectivity index (χ3n) is 1.76. The first-order valence-corrected chi connectivity index (χ1v) is 4.44. The lowest BCUT2D eigenvalue weighted by Crippen LogP contribution is -2.00. The van der Waals surface area contributed by atoms with Gasteiger partial charge in [0, 0.05) is 0 Å². The summed E-state index contributed by atoms with van der Waals surface area (Å²) in [6.07, 6.45) is 1.72. The molecule has 0 saturated heterocycles. The fourth-order valence-electron chi connectivity index (χ4n) is 1.12. The summed E-state index contributed by atoms with van der Waals surface area (Å²) in [5.41, 5.74) is 0. The summed E-state index contributed by atoms with van der Waals surface area (Å²) in [6.45, 7) is 0. The van der Waals surface area contributed by atoms with Crippen molar-refractivity contribution < 1.29 is 13.6 Å². The molecule has 0 aliphatic rings. The number of halogens is 1. The van der Waals surface area contributed by atoms with Crippen molar-refractivity contribution >= 4 is 17.4 Å². The van der Waals surface area contributed by atoms with E-state index in [1.807, 2.05) is 0 Å². The topological polar surface area (TPSA) is 43.4 Å². The molecule has 3 nitrogen and oxygen atoms in total. The van der Waals surface area contributed by atoms with Gasteiger partial charge in [-0.2, -0.15) is 0 Å². The largest absolute Gasteiger partial charge is 0.469 e. The van der Waals surface area contributed by atoms with E-state index in [1.54, 1.807) is 18.2 Å². The Hall–Kier alpha value is -1.48. The average molecular weight is 211 g/mol. The minimum Gasteiger partial charge on any atom is -0.469 e. The Labute approximate surface area is 85.3 Å². The van der Waals surface area contributed by atoms with Crippen LogP contribution in [0, 0.1) is 0 Å². The van der Waals surface area contributed by atoms with E-state index in [1.165, 1.54) is 12.3 Å². The number of rotatable bonds is 3. The molecule has 0 N–H and O–H groups in total. The monoisotopic (exact) mass is 210 g/mol. The summed E-state index contributed by atoms with van der Waals surface area (Å²) in [6, 6.07) is 6.56. The maximum absolute atomic E-state index is 11.5. The Morgan fingerprint density at radius 3 is 2.79 bits per heavy atom. The molecule has 0 bridgehead atoms. The molecule has 4 heteroatoms. The van der Waals surface area contributed by atoms with E-state index in [-0.39, 0.29) is 23.2 Å². The van der Waals surface area contributed by atoms with Gasteiger partial charge in [-0.3, -0.25) is 4.79 Å². The lowest BCUT2D eigenvalue weighted by molar-refractivity contribution is 0.0960. The highest BCUT2D eigenvalue weighted by atomic mass is 35.5. The second kappa shape index (κ2) is 3.72. The van der Waals surface area contributed by atoms with Crippen LogP contribution in [0.25, 0.3) is 0 Å². The number of ketones is 1. The minimum absolute atomic E-state index is 0.146. The standard InChI is InChI=1S/C10H7ClO3/c11-10-4-3-9(14-10)8(12)6-7-2-1-5-13-7/h1-5H,6H2. The zero-order chi connectivity index (χ0) is 9.97. The fraction of sp³-hybridized carbons (Fsp3) is 0.100. The highest BCUT2D eigenvalue weighted by Gasteiger charge is 2.12. The van der Waals surface area contributed by atoms with Crippen molar-refractivity contribution in [1.29, 1.82) is 0 Å². The second-order valence-corrected chi connectivity index (χ2v) is 3.16. The van der Waals surface area contributed by atoms with Gasteiger partial charge in [-0.15, -0.1) is 0 Å². The van der Waals surface area contributed by atoms with Crippen molar-refractivity contribution in [3.05, 3.63) is 47.3 Å². The zero-order valence-corrected chi connectivity index (χ0v) is 7.95. The molecule has 0 fully saturated rings. The summed E-state index contributed by atoms with van der Waals surface area (Å²) in [7, 11) is 0. The maximum Gasteiger partial charge on any atom is 0.205 e. The van der Waals surface area contributed by atoms with Gasteiger partial charge in [0.15, 0.2) is 11.0 Å². The summed E-state index contributed by atoms with van der Waals surface area (Å²) in [5, 5.41) is 0.216. The van der Waals surface area contributed by atoms with Crippen LogP contribution >= 0.6 is 11.6 Å². The van der Waals surface area contributed by atoms with Gasteiger partial charge in [0.1, 0.15) is 5.76 Å². The van der Waals surface area contributed by atoms with Crippen LogP contribution in [0.4, 0.5) is 0 Å². The van der Waals surface area contributed by atoms with Gasteiger partial charge in [-0.05, 0) is 35.9 Å². The highest BCUT2D eigenvalue weighted by Crippen LogP contribution is 2.15.